The Balaban J connectivity index is 2.31. The molecule has 0 unspecified atom stereocenters. The molecule has 1 heterocycles. The first-order chi connectivity index (χ1) is 7.65. The first kappa shape index (κ1) is 13.4. The zero-order valence-corrected chi connectivity index (χ0v) is 10.7. The summed E-state index contributed by atoms with van der Waals surface area (Å²) in [6.07, 6.45) is 4.07. The van der Waals surface area contributed by atoms with Crippen molar-refractivity contribution in [2.24, 2.45) is 0 Å². The number of aromatic amines is 1. The van der Waals surface area contributed by atoms with Crippen LogP contribution in [0.15, 0.2) is 6.20 Å². The van der Waals surface area contributed by atoms with E-state index in [-0.39, 0.29) is 6.61 Å². The van der Waals surface area contributed by atoms with Gasteiger partial charge >= 0.3 is 0 Å². The fraction of sp³-hybridized carbons (Fsp3) is 0.727. The molecule has 0 amide bonds. The van der Waals surface area contributed by atoms with Crippen LogP contribution in [0.4, 0.5) is 0 Å². The Morgan fingerprint density at radius 1 is 1.50 bits per heavy atom. The fourth-order valence-corrected chi connectivity index (χ4v) is 1.77. The molecule has 0 saturated heterocycles. The Hall–Kier alpha value is -0.650. The number of unbranched alkanes of at least 4 members (excludes halogenated alkanes) is 1. The summed E-state index contributed by atoms with van der Waals surface area (Å²) in [5.41, 5.74) is 0.842. The molecule has 0 bridgehead atoms. The second-order valence-electron chi connectivity index (χ2n) is 4.02. The van der Waals surface area contributed by atoms with Gasteiger partial charge in [-0.15, -0.1) is 0 Å². The highest BCUT2D eigenvalue weighted by molar-refractivity contribution is 7.71. The summed E-state index contributed by atoms with van der Waals surface area (Å²) in [5.74, 6) is 0. The first-order valence-electron chi connectivity index (χ1n) is 5.64. The number of aliphatic hydroxyl groups is 1. The van der Waals surface area contributed by atoms with Gasteiger partial charge in [-0.1, -0.05) is 0 Å². The van der Waals surface area contributed by atoms with Crippen molar-refractivity contribution in [1.29, 1.82) is 0 Å². The minimum atomic E-state index is 0.0234. The van der Waals surface area contributed by atoms with E-state index in [0.717, 1.165) is 31.7 Å². The Kier molecular flexibility index (Phi) is 5.73. The van der Waals surface area contributed by atoms with E-state index >= 15 is 0 Å². The van der Waals surface area contributed by atoms with Crippen molar-refractivity contribution in [1.82, 2.24) is 9.55 Å². The van der Waals surface area contributed by atoms with Gasteiger partial charge in [0.2, 0.25) is 0 Å². The van der Waals surface area contributed by atoms with Crippen LogP contribution >= 0.6 is 12.2 Å². The molecule has 4 nitrogen and oxygen atoms in total. The standard InChI is InChI=1S/C11H20N2O2S/c1-9(2)15-6-4-3-5-13-10(8-14)7-12-11(13)16/h7,9,14H,3-6,8H2,1-2H3,(H,12,16). The minimum absolute atomic E-state index is 0.0234. The van der Waals surface area contributed by atoms with Crippen molar-refractivity contribution in [2.75, 3.05) is 6.61 Å². The van der Waals surface area contributed by atoms with Crippen LogP contribution in [-0.4, -0.2) is 27.4 Å². The lowest BCUT2D eigenvalue weighted by Crippen LogP contribution is -2.07. The third-order valence-corrected chi connectivity index (χ3v) is 2.68. The maximum absolute atomic E-state index is 9.10. The molecule has 0 aliphatic rings. The summed E-state index contributed by atoms with van der Waals surface area (Å²) in [6.45, 7) is 5.71. The number of hydrogen-bond donors (Lipinski definition) is 2. The average molecular weight is 244 g/mol. The molecule has 5 heteroatoms. The maximum atomic E-state index is 9.10. The SMILES string of the molecule is CC(C)OCCCCn1c(CO)c[nH]c1=S. The lowest BCUT2D eigenvalue weighted by atomic mass is 10.3. The van der Waals surface area contributed by atoms with Gasteiger partial charge in [-0.3, -0.25) is 0 Å². The largest absolute Gasteiger partial charge is 0.390 e. The number of nitrogens with zero attached hydrogens (tertiary/aromatic N) is 1. The molecule has 92 valence electrons. The predicted molar refractivity (Wildman–Crippen MR) is 65.9 cm³/mol. The summed E-state index contributed by atoms with van der Waals surface area (Å²) in [6, 6.07) is 0. The van der Waals surface area contributed by atoms with Gasteiger partial charge in [0, 0.05) is 19.3 Å². The normalized spacial score (nSPS) is 11.2. The van der Waals surface area contributed by atoms with Crippen molar-refractivity contribution < 1.29 is 9.84 Å². The van der Waals surface area contributed by atoms with E-state index < -0.39 is 0 Å². The van der Waals surface area contributed by atoms with Gasteiger partial charge in [-0.2, -0.15) is 0 Å². The number of hydrogen-bond acceptors (Lipinski definition) is 3. The molecule has 0 aliphatic carbocycles. The number of H-pyrrole nitrogens is 1. The predicted octanol–water partition coefficient (Wildman–Crippen LogP) is 2.24. The Morgan fingerprint density at radius 2 is 2.25 bits per heavy atom. The van der Waals surface area contributed by atoms with E-state index in [9.17, 15) is 0 Å². The summed E-state index contributed by atoms with van der Waals surface area (Å²) in [4.78, 5) is 2.93. The van der Waals surface area contributed by atoms with E-state index in [1.54, 1.807) is 6.20 Å². The number of rotatable bonds is 7. The van der Waals surface area contributed by atoms with Crippen molar-refractivity contribution in [2.45, 2.75) is 45.9 Å². The number of imidazole rings is 1. The maximum Gasteiger partial charge on any atom is 0.177 e. The van der Waals surface area contributed by atoms with Gasteiger partial charge in [0.25, 0.3) is 0 Å². The zero-order valence-electron chi connectivity index (χ0n) is 9.90. The molecule has 0 aromatic carbocycles. The van der Waals surface area contributed by atoms with Crippen LogP contribution < -0.4 is 0 Å². The summed E-state index contributed by atoms with van der Waals surface area (Å²) >= 11 is 5.12. The van der Waals surface area contributed by atoms with Crippen molar-refractivity contribution >= 4 is 12.2 Å². The highest BCUT2D eigenvalue weighted by atomic mass is 32.1. The fourth-order valence-electron chi connectivity index (χ4n) is 1.50. The topological polar surface area (TPSA) is 50.2 Å². The highest BCUT2D eigenvalue weighted by Crippen LogP contribution is 2.05. The molecule has 0 spiro atoms. The number of aliphatic hydroxyl groups excluding tert-OH is 1. The van der Waals surface area contributed by atoms with Gasteiger partial charge in [-0.05, 0) is 38.9 Å². The second kappa shape index (κ2) is 6.83. The monoisotopic (exact) mass is 244 g/mol. The minimum Gasteiger partial charge on any atom is -0.390 e. The molecular weight excluding hydrogens is 224 g/mol. The summed E-state index contributed by atoms with van der Waals surface area (Å²) in [7, 11) is 0. The molecule has 0 fully saturated rings. The molecule has 2 N–H and O–H groups in total. The quantitative estimate of drug-likeness (QED) is 0.571. The Morgan fingerprint density at radius 3 is 2.88 bits per heavy atom. The molecule has 16 heavy (non-hydrogen) atoms. The summed E-state index contributed by atoms with van der Waals surface area (Å²) in [5, 5.41) is 9.10. The third-order valence-electron chi connectivity index (χ3n) is 2.34. The molecule has 1 aromatic heterocycles. The third kappa shape index (κ3) is 4.08. The van der Waals surface area contributed by atoms with Gasteiger partial charge in [-0.25, -0.2) is 0 Å². The van der Waals surface area contributed by atoms with Crippen molar-refractivity contribution in [3.05, 3.63) is 16.7 Å². The number of nitrogens with one attached hydrogen (secondary N) is 1. The molecular formula is C11H20N2O2S. The van der Waals surface area contributed by atoms with E-state index in [1.165, 1.54) is 0 Å². The molecule has 0 atom stereocenters. The molecule has 0 radical (unpaired) electrons. The van der Waals surface area contributed by atoms with Gasteiger partial charge < -0.3 is 19.4 Å². The van der Waals surface area contributed by atoms with Gasteiger partial charge in [0.15, 0.2) is 4.77 Å². The van der Waals surface area contributed by atoms with E-state index in [1.807, 2.05) is 18.4 Å². The van der Waals surface area contributed by atoms with Crippen LogP contribution in [0, 0.1) is 4.77 Å². The lowest BCUT2D eigenvalue weighted by Gasteiger charge is -2.08. The van der Waals surface area contributed by atoms with E-state index in [0.29, 0.717) is 10.9 Å². The van der Waals surface area contributed by atoms with Gasteiger partial charge in [0.1, 0.15) is 0 Å². The molecule has 0 aliphatic heterocycles. The molecule has 1 rings (SSSR count). The van der Waals surface area contributed by atoms with E-state index in [4.69, 9.17) is 22.1 Å². The molecule has 0 saturated carbocycles. The Bertz CT molecular complexity index is 357. The highest BCUT2D eigenvalue weighted by Gasteiger charge is 2.02. The number of aromatic nitrogens is 2. The second-order valence-corrected chi connectivity index (χ2v) is 4.41. The van der Waals surface area contributed by atoms with Crippen LogP contribution in [0.2, 0.25) is 0 Å². The van der Waals surface area contributed by atoms with Crippen molar-refractivity contribution in [3.63, 3.8) is 0 Å². The van der Waals surface area contributed by atoms with Crippen LogP contribution in [0.25, 0.3) is 0 Å². The van der Waals surface area contributed by atoms with Crippen LogP contribution in [0.5, 0.6) is 0 Å². The summed E-state index contributed by atoms with van der Waals surface area (Å²) < 4.78 is 8.07. The van der Waals surface area contributed by atoms with Crippen LogP contribution in [-0.2, 0) is 17.9 Å². The smallest absolute Gasteiger partial charge is 0.177 e. The first-order valence-corrected chi connectivity index (χ1v) is 6.05. The lowest BCUT2D eigenvalue weighted by molar-refractivity contribution is 0.0753. The van der Waals surface area contributed by atoms with Crippen LogP contribution in [0.1, 0.15) is 32.4 Å². The molecule has 1 aromatic rings. The van der Waals surface area contributed by atoms with Crippen LogP contribution in [0.3, 0.4) is 0 Å². The Labute approximate surface area is 101 Å². The van der Waals surface area contributed by atoms with Crippen molar-refractivity contribution in [3.8, 4) is 0 Å². The van der Waals surface area contributed by atoms with E-state index in [2.05, 4.69) is 4.98 Å². The zero-order chi connectivity index (χ0) is 12.0. The number of ether oxygens (including phenoxy) is 1. The van der Waals surface area contributed by atoms with Gasteiger partial charge in [0.05, 0.1) is 18.4 Å². The average Bonchev–Trinajstić information content (AvgIpc) is 2.59.